The van der Waals surface area contributed by atoms with Gasteiger partial charge in [-0.05, 0) is 36.4 Å². The molecular formula is C23H14FN5O. The maximum absolute atomic E-state index is 14.0. The van der Waals surface area contributed by atoms with Crippen LogP contribution in [0.2, 0.25) is 0 Å². The summed E-state index contributed by atoms with van der Waals surface area (Å²) in [6, 6.07) is 22.6. The van der Waals surface area contributed by atoms with Crippen molar-refractivity contribution in [2.24, 2.45) is 0 Å². The Labute approximate surface area is 171 Å². The zero-order chi connectivity index (χ0) is 21.1. The molecule has 0 saturated heterocycles. The molecule has 0 bridgehead atoms. The van der Waals surface area contributed by atoms with E-state index in [0.29, 0.717) is 22.8 Å². The molecule has 4 aromatic rings. The zero-order valence-electron chi connectivity index (χ0n) is 15.6. The Bertz CT molecular complexity index is 1340. The number of nitrogens with two attached hydrogens (primary N) is 1. The van der Waals surface area contributed by atoms with Crippen molar-refractivity contribution >= 4 is 17.5 Å². The number of allylic oxidation sites excluding steroid dienone is 1. The molecule has 0 spiro atoms. The van der Waals surface area contributed by atoms with Gasteiger partial charge < -0.3 is 10.2 Å². The summed E-state index contributed by atoms with van der Waals surface area (Å²) in [7, 11) is 0. The molecular weight excluding hydrogens is 381 g/mol. The SMILES string of the molecule is N#CC(=Cc1ccc(-c2ccccc2F)o1)c1nn(-c2ccccc2)c(N)c1C#N. The third-order valence-corrected chi connectivity index (χ3v) is 4.46. The number of hydrogen-bond acceptors (Lipinski definition) is 5. The number of rotatable bonds is 4. The lowest BCUT2D eigenvalue weighted by atomic mass is 10.1. The molecule has 0 aliphatic heterocycles. The van der Waals surface area contributed by atoms with E-state index in [4.69, 9.17) is 10.2 Å². The minimum absolute atomic E-state index is 0.0903. The van der Waals surface area contributed by atoms with Gasteiger partial charge in [-0.1, -0.05) is 30.3 Å². The molecule has 0 aliphatic carbocycles. The van der Waals surface area contributed by atoms with Crippen LogP contribution in [0.25, 0.3) is 28.7 Å². The molecule has 2 N–H and O–H groups in total. The van der Waals surface area contributed by atoms with Gasteiger partial charge in [-0.2, -0.15) is 15.6 Å². The molecule has 0 radical (unpaired) electrons. The van der Waals surface area contributed by atoms with Crippen molar-refractivity contribution in [2.75, 3.05) is 5.73 Å². The average molecular weight is 395 g/mol. The van der Waals surface area contributed by atoms with Crippen molar-refractivity contribution in [3.8, 4) is 29.1 Å². The highest BCUT2D eigenvalue weighted by atomic mass is 19.1. The monoisotopic (exact) mass is 395 g/mol. The summed E-state index contributed by atoms with van der Waals surface area (Å²) in [6.45, 7) is 0. The summed E-state index contributed by atoms with van der Waals surface area (Å²) < 4.78 is 21.1. The summed E-state index contributed by atoms with van der Waals surface area (Å²) in [6.07, 6.45) is 1.45. The lowest BCUT2D eigenvalue weighted by molar-refractivity contribution is 0.561. The number of benzene rings is 2. The Morgan fingerprint density at radius 1 is 1.03 bits per heavy atom. The first-order valence-corrected chi connectivity index (χ1v) is 8.93. The number of halogens is 1. The predicted octanol–water partition coefficient (Wildman–Crippen LogP) is 4.79. The molecule has 0 amide bonds. The fourth-order valence-corrected chi connectivity index (χ4v) is 3.03. The standard InChI is InChI=1S/C23H14FN5O/c24-20-9-5-4-8-18(20)21-11-10-17(30-21)12-15(13-25)22-19(14-26)23(27)29(28-22)16-6-2-1-3-7-16/h1-12H,27H2. The lowest BCUT2D eigenvalue weighted by Gasteiger charge is -2.02. The van der Waals surface area contributed by atoms with Crippen LogP contribution >= 0.6 is 0 Å². The van der Waals surface area contributed by atoms with Crippen LogP contribution < -0.4 is 5.73 Å². The number of para-hydroxylation sites is 1. The second-order valence-electron chi connectivity index (χ2n) is 6.32. The first-order chi connectivity index (χ1) is 14.6. The van der Waals surface area contributed by atoms with E-state index in [1.807, 2.05) is 30.3 Å². The summed E-state index contributed by atoms with van der Waals surface area (Å²) in [5.41, 5.74) is 7.41. The van der Waals surface area contributed by atoms with Gasteiger partial charge in [0, 0.05) is 6.08 Å². The van der Waals surface area contributed by atoms with Crippen molar-refractivity contribution in [2.45, 2.75) is 0 Å². The Morgan fingerprint density at radius 3 is 2.47 bits per heavy atom. The summed E-state index contributed by atoms with van der Waals surface area (Å²) in [4.78, 5) is 0. The van der Waals surface area contributed by atoms with Gasteiger partial charge in [0.15, 0.2) is 0 Å². The van der Waals surface area contributed by atoms with E-state index in [0.717, 1.165) is 0 Å². The van der Waals surface area contributed by atoms with E-state index in [-0.39, 0.29) is 22.6 Å². The summed E-state index contributed by atoms with van der Waals surface area (Å²) >= 11 is 0. The van der Waals surface area contributed by atoms with Crippen LogP contribution in [0.3, 0.4) is 0 Å². The fourth-order valence-electron chi connectivity index (χ4n) is 3.03. The minimum Gasteiger partial charge on any atom is -0.457 e. The highest BCUT2D eigenvalue weighted by molar-refractivity contribution is 5.90. The molecule has 0 fully saturated rings. The van der Waals surface area contributed by atoms with E-state index in [1.54, 1.807) is 42.5 Å². The van der Waals surface area contributed by atoms with Crippen molar-refractivity contribution in [1.82, 2.24) is 9.78 Å². The van der Waals surface area contributed by atoms with Crippen molar-refractivity contribution in [1.29, 1.82) is 10.5 Å². The first kappa shape index (κ1) is 18.7. The molecule has 0 saturated carbocycles. The predicted molar refractivity (Wildman–Crippen MR) is 110 cm³/mol. The molecule has 4 rings (SSSR count). The molecule has 0 atom stereocenters. The molecule has 7 heteroatoms. The van der Waals surface area contributed by atoms with E-state index < -0.39 is 5.82 Å². The minimum atomic E-state index is -0.413. The number of furan rings is 1. The highest BCUT2D eigenvalue weighted by Gasteiger charge is 2.20. The molecule has 0 unspecified atom stereocenters. The van der Waals surface area contributed by atoms with Gasteiger partial charge in [0.1, 0.15) is 46.6 Å². The Morgan fingerprint density at radius 2 is 1.77 bits per heavy atom. The van der Waals surface area contributed by atoms with Gasteiger partial charge in [-0.25, -0.2) is 9.07 Å². The third kappa shape index (κ3) is 3.32. The number of hydrogen-bond donors (Lipinski definition) is 1. The van der Waals surface area contributed by atoms with Crippen LogP contribution in [0.1, 0.15) is 17.0 Å². The van der Waals surface area contributed by atoms with Crippen LogP contribution in [-0.2, 0) is 0 Å². The van der Waals surface area contributed by atoms with Crippen molar-refractivity contribution < 1.29 is 8.81 Å². The maximum atomic E-state index is 14.0. The van der Waals surface area contributed by atoms with Crippen LogP contribution in [0.15, 0.2) is 71.1 Å². The average Bonchev–Trinajstić information content (AvgIpc) is 3.37. The molecule has 144 valence electrons. The van der Waals surface area contributed by atoms with Gasteiger partial charge in [-0.15, -0.1) is 0 Å². The van der Waals surface area contributed by atoms with Crippen LogP contribution in [0.5, 0.6) is 0 Å². The number of anilines is 1. The molecule has 2 aromatic carbocycles. The Hall–Kier alpha value is -4.62. The van der Waals surface area contributed by atoms with E-state index >= 15 is 0 Å². The summed E-state index contributed by atoms with van der Waals surface area (Å²) in [5.74, 6) is 0.364. The molecule has 0 aliphatic rings. The van der Waals surface area contributed by atoms with E-state index in [1.165, 1.54) is 16.8 Å². The zero-order valence-corrected chi connectivity index (χ0v) is 15.6. The molecule has 30 heavy (non-hydrogen) atoms. The normalized spacial score (nSPS) is 11.1. The largest absolute Gasteiger partial charge is 0.457 e. The second kappa shape index (κ2) is 7.78. The number of aromatic nitrogens is 2. The van der Waals surface area contributed by atoms with Gasteiger partial charge in [-0.3, -0.25) is 0 Å². The maximum Gasteiger partial charge on any atom is 0.145 e. The molecule has 2 heterocycles. The topological polar surface area (TPSA) is 105 Å². The van der Waals surface area contributed by atoms with Gasteiger partial charge >= 0.3 is 0 Å². The smallest absolute Gasteiger partial charge is 0.145 e. The molecule has 6 nitrogen and oxygen atoms in total. The van der Waals surface area contributed by atoms with Crippen LogP contribution in [0.4, 0.5) is 10.2 Å². The number of nitrogens with zero attached hydrogens (tertiary/aromatic N) is 4. The number of nitrogen functional groups attached to an aromatic ring is 1. The van der Waals surface area contributed by atoms with Gasteiger partial charge in [0.05, 0.1) is 16.8 Å². The highest BCUT2D eigenvalue weighted by Crippen LogP contribution is 2.29. The fraction of sp³-hybridized carbons (Fsp3) is 0. The Balaban J connectivity index is 1.77. The van der Waals surface area contributed by atoms with Crippen molar-refractivity contribution in [3.63, 3.8) is 0 Å². The molecule has 2 aromatic heterocycles. The van der Waals surface area contributed by atoms with Crippen LogP contribution in [-0.4, -0.2) is 9.78 Å². The quantitative estimate of drug-likeness (QED) is 0.500. The summed E-state index contributed by atoms with van der Waals surface area (Å²) in [5, 5.41) is 23.6. The van der Waals surface area contributed by atoms with Crippen molar-refractivity contribution in [3.05, 3.63) is 89.6 Å². The third-order valence-electron chi connectivity index (χ3n) is 4.46. The van der Waals surface area contributed by atoms with Crippen LogP contribution in [0, 0.1) is 28.5 Å². The Kier molecular flexibility index (Phi) is 4.86. The van der Waals surface area contributed by atoms with Gasteiger partial charge in [0.2, 0.25) is 0 Å². The second-order valence-corrected chi connectivity index (χ2v) is 6.32. The number of nitriles is 2. The lowest BCUT2D eigenvalue weighted by Crippen LogP contribution is -2.02. The van der Waals surface area contributed by atoms with Gasteiger partial charge in [0.25, 0.3) is 0 Å². The van der Waals surface area contributed by atoms with E-state index in [2.05, 4.69) is 5.10 Å². The first-order valence-electron chi connectivity index (χ1n) is 8.93. The van der Waals surface area contributed by atoms with E-state index in [9.17, 15) is 14.9 Å².